The molecule has 1 aromatic heterocycles. The van der Waals surface area contributed by atoms with Crippen LogP contribution in [-0.2, 0) is 9.53 Å². The fraction of sp³-hybridized carbons (Fsp3) is 0.167. The van der Waals surface area contributed by atoms with E-state index in [1.807, 2.05) is 6.07 Å². The van der Waals surface area contributed by atoms with Crippen molar-refractivity contribution in [2.75, 3.05) is 19.8 Å². The average Bonchev–Trinajstić information content (AvgIpc) is 2.98. The van der Waals surface area contributed by atoms with Crippen molar-refractivity contribution in [1.82, 2.24) is 9.88 Å². The molecule has 0 saturated carbocycles. The molecule has 0 aliphatic rings. The lowest BCUT2D eigenvalue weighted by atomic mass is 10.1. The number of nitrogens with two attached hydrogens (primary N) is 1. The molecule has 1 heterocycles. The van der Waals surface area contributed by atoms with Gasteiger partial charge in [-0.1, -0.05) is 41.7 Å². The summed E-state index contributed by atoms with van der Waals surface area (Å²) in [5, 5.41) is 0.436. The summed E-state index contributed by atoms with van der Waals surface area (Å²) in [6, 6.07) is 13.9. The van der Waals surface area contributed by atoms with Gasteiger partial charge in [0.05, 0.1) is 15.8 Å². The highest BCUT2D eigenvalue weighted by molar-refractivity contribution is 7.22. The van der Waals surface area contributed by atoms with Crippen LogP contribution in [0.5, 0.6) is 0 Å². The second-order valence-electron chi connectivity index (χ2n) is 5.66. The molecule has 0 spiro atoms. The summed E-state index contributed by atoms with van der Waals surface area (Å²) in [6.45, 7) is 0. The monoisotopic (exact) mass is 355 g/mol. The van der Waals surface area contributed by atoms with Crippen LogP contribution >= 0.6 is 11.3 Å². The molecule has 7 heteroatoms. The number of esters is 1. The number of hydrogen-bond donors (Lipinski definition) is 1. The number of carbonyl (C=O) groups excluding carboxylic acids is 2. The molecule has 0 aliphatic carbocycles. The molecular formula is C18H17N3O3S. The lowest BCUT2D eigenvalue weighted by Gasteiger charge is -2.21. The minimum Gasteiger partial charge on any atom is -0.444 e. The predicted molar refractivity (Wildman–Crippen MR) is 97.3 cm³/mol. The number of fused-ring (bicyclic) bond motifs is 1. The Kier molecular flexibility index (Phi) is 4.67. The first-order valence-electron chi connectivity index (χ1n) is 7.59. The summed E-state index contributed by atoms with van der Waals surface area (Å²) in [5.74, 6) is -0.874. The van der Waals surface area contributed by atoms with Crippen LogP contribution in [0.15, 0.2) is 48.5 Å². The van der Waals surface area contributed by atoms with E-state index in [9.17, 15) is 9.59 Å². The van der Waals surface area contributed by atoms with E-state index >= 15 is 0 Å². The smallest absolute Gasteiger partial charge is 0.339 e. The molecule has 6 nitrogen and oxygen atoms in total. The zero-order chi connectivity index (χ0) is 18.0. The highest BCUT2D eigenvalue weighted by Crippen LogP contribution is 2.26. The Bertz CT molecular complexity index is 922. The maximum atomic E-state index is 12.6. The van der Waals surface area contributed by atoms with Gasteiger partial charge in [-0.15, -0.1) is 0 Å². The van der Waals surface area contributed by atoms with Gasteiger partial charge in [-0.25, -0.2) is 9.78 Å². The molecule has 2 N–H and O–H groups in total. The highest BCUT2D eigenvalue weighted by atomic mass is 32.1. The summed E-state index contributed by atoms with van der Waals surface area (Å²) < 4.78 is 6.32. The zero-order valence-electron chi connectivity index (χ0n) is 13.8. The third kappa shape index (κ3) is 3.61. The van der Waals surface area contributed by atoms with Crippen LogP contribution in [0.3, 0.4) is 0 Å². The van der Waals surface area contributed by atoms with Crippen molar-refractivity contribution >= 4 is 38.6 Å². The minimum absolute atomic E-state index is 0.303. The number of likely N-dealkylation sites (N-methyl/N-ethyl adjacent to an activating group) is 1. The van der Waals surface area contributed by atoms with Gasteiger partial charge in [0, 0.05) is 19.7 Å². The molecule has 128 valence electrons. The molecule has 1 atom stereocenters. The molecule has 1 amide bonds. The normalized spacial score (nSPS) is 11.9. The van der Waals surface area contributed by atoms with Crippen LogP contribution in [0.2, 0.25) is 0 Å². The van der Waals surface area contributed by atoms with Gasteiger partial charge in [0.25, 0.3) is 5.91 Å². The second-order valence-corrected chi connectivity index (χ2v) is 6.73. The van der Waals surface area contributed by atoms with Crippen molar-refractivity contribution in [1.29, 1.82) is 0 Å². The van der Waals surface area contributed by atoms with Gasteiger partial charge in [-0.05, 0) is 18.2 Å². The maximum absolute atomic E-state index is 12.6. The van der Waals surface area contributed by atoms with Crippen LogP contribution in [0.1, 0.15) is 22.0 Å². The molecule has 0 aliphatic heterocycles. The fourth-order valence-electron chi connectivity index (χ4n) is 2.37. The van der Waals surface area contributed by atoms with E-state index in [1.54, 1.807) is 56.6 Å². The molecule has 0 radical (unpaired) electrons. The molecule has 0 saturated heterocycles. The highest BCUT2D eigenvalue weighted by Gasteiger charge is 2.27. The first kappa shape index (κ1) is 16.9. The van der Waals surface area contributed by atoms with Gasteiger partial charge in [0.15, 0.2) is 5.13 Å². The van der Waals surface area contributed by atoms with Crippen molar-refractivity contribution in [2.24, 2.45) is 0 Å². The number of aromatic nitrogens is 1. The van der Waals surface area contributed by atoms with Crippen LogP contribution in [0.4, 0.5) is 5.13 Å². The third-order valence-electron chi connectivity index (χ3n) is 3.63. The maximum Gasteiger partial charge on any atom is 0.339 e. The number of thiazole rings is 1. The van der Waals surface area contributed by atoms with Crippen LogP contribution < -0.4 is 5.73 Å². The number of amides is 1. The predicted octanol–water partition coefficient (Wildman–Crippen LogP) is 2.86. The van der Waals surface area contributed by atoms with Gasteiger partial charge in [-0.2, -0.15) is 0 Å². The Labute approximate surface area is 148 Å². The minimum atomic E-state index is -0.995. The second kappa shape index (κ2) is 6.90. The molecule has 2 aromatic carbocycles. The third-order valence-corrected chi connectivity index (χ3v) is 4.48. The van der Waals surface area contributed by atoms with Gasteiger partial charge >= 0.3 is 5.97 Å². The number of nitrogens with zero attached hydrogens (tertiary/aromatic N) is 2. The van der Waals surface area contributed by atoms with E-state index in [4.69, 9.17) is 10.5 Å². The number of benzene rings is 2. The quantitative estimate of drug-likeness (QED) is 0.727. The summed E-state index contributed by atoms with van der Waals surface area (Å²) in [6.07, 6.45) is -0.995. The number of rotatable bonds is 4. The van der Waals surface area contributed by atoms with Crippen LogP contribution in [0, 0.1) is 0 Å². The number of carbonyl (C=O) groups is 2. The Hall–Kier alpha value is -2.93. The molecule has 0 unspecified atom stereocenters. The Balaban J connectivity index is 1.89. The Morgan fingerprint density at radius 2 is 1.88 bits per heavy atom. The van der Waals surface area contributed by atoms with Crippen molar-refractivity contribution in [3.05, 3.63) is 59.7 Å². The van der Waals surface area contributed by atoms with E-state index < -0.39 is 12.1 Å². The number of hydrogen-bond acceptors (Lipinski definition) is 6. The Morgan fingerprint density at radius 1 is 1.16 bits per heavy atom. The topological polar surface area (TPSA) is 85.5 Å². The summed E-state index contributed by atoms with van der Waals surface area (Å²) in [7, 11) is 3.25. The number of anilines is 1. The van der Waals surface area contributed by atoms with E-state index in [2.05, 4.69) is 4.98 Å². The summed E-state index contributed by atoms with van der Waals surface area (Å²) in [5.41, 5.74) is 7.39. The number of ether oxygens (including phenoxy) is 1. The molecular weight excluding hydrogens is 338 g/mol. The lowest BCUT2D eigenvalue weighted by molar-refractivity contribution is -0.138. The number of nitrogen functional groups attached to an aromatic ring is 1. The van der Waals surface area contributed by atoms with Crippen LogP contribution in [-0.4, -0.2) is 35.9 Å². The first-order valence-corrected chi connectivity index (χ1v) is 8.40. The molecule has 25 heavy (non-hydrogen) atoms. The van der Waals surface area contributed by atoms with Crippen LogP contribution in [0.25, 0.3) is 10.2 Å². The van der Waals surface area contributed by atoms with Gasteiger partial charge in [0.1, 0.15) is 0 Å². The van der Waals surface area contributed by atoms with Crippen molar-refractivity contribution < 1.29 is 14.3 Å². The molecule has 3 aromatic rings. The van der Waals surface area contributed by atoms with Gasteiger partial charge in [-0.3, -0.25) is 4.79 Å². The fourth-order valence-corrected chi connectivity index (χ4v) is 3.14. The molecule has 3 rings (SSSR count). The summed E-state index contributed by atoms with van der Waals surface area (Å²) in [4.78, 5) is 30.6. The van der Waals surface area contributed by atoms with Crippen molar-refractivity contribution in [2.45, 2.75) is 6.10 Å². The van der Waals surface area contributed by atoms with E-state index in [0.29, 0.717) is 16.3 Å². The molecule has 0 bridgehead atoms. The molecule has 0 fully saturated rings. The standard InChI is InChI=1S/C18H17N3O3S/c1-21(2)16(22)15(11-6-4-3-5-7-11)24-17(23)12-8-9-13-14(10-12)25-18(19)20-13/h3-10,15H,1-2H3,(H2,19,20)/t15-/m0/s1. The Morgan fingerprint density at radius 3 is 2.56 bits per heavy atom. The van der Waals surface area contributed by atoms with Gasteiger partial charge < -0.3 is 15.4 Å². The van der Waals surface area contributed by atoms with Gasteiger partial charge in [0.2, 0.25) is 6.10 Å². The van der Waals surface area contributed by atoms with E-state index in [0.717, 1.165) is 10.2 Å². The largest absolute Gasteiger partial charge is 0.444 e. The van der Waals surface area contributed by atoms with E-state index in [1.165, 1.54) is 16.2 Å². The van der Waals surface area contributed by atoms with Crippen molar-refractivity contribution in [3.8, 4) is 0 Å². The first-order chi connectivity index (χ1) is 12.0. The summed E-state index contributed by atoms with van der Waals surface area (Å²) >= 11 is 1.29. The lowest BCUT2D eigenvalue weighted by Crippen LogP contribution is -2.31. The average molecular weight is 355 g/mol. The SMILES string of the molecule is CN(C)C(=O)[C@@H](OC(=O)c1ccc2nc(N)sc2c1)c1ccccc1. The van der Waals surface area contributed by atoms with Crippen molar-refractivity contribution in [3.63, 3.8) is 0 Å². The van der Waals surface area contributed by atoms with E-state index in [-0.39, 0.29) is 5.91 Å². The zero-order valence-corrected chi connectivity index (χ0v) is 14.6.